The maximum Gasteiger partial charge on any atom is 0.203 e. The van der Waals surface area contributed by atoms with Gasteiger partial charge in [0.15, 0.2) is 5.43 Å². The van der Waals surface area contributed by atoms with Crippen molar-refractivity contribution >= 4 is 0 Å². The van der Waals surface area contributed by atoms with Crippen molar-refractivity contribution in [2.24, 2.45) is 0 Å². The van der Waals surface area contributed by atoms with Crippen LogP contribution in [0, 0.1) is 0 Å². The van der Waals surface area contributed by atoms with Crippen molar-refractivity contribution in [3.8, 4) is 28.6 Å². The molecule has 2 aromatic heterocycles. The molecule has 0 bridgehead atoms. The van der Waals surface area contributed by atoms with E-state index in [0.717, 1.165) is 22.4 Å². The molecule has 0 aliphatic carbocycles. The molecule has 144 valence electrons. The zero-order valence-corrected chi connectivity index (χ0v) is 16.0. The molecular formula is C24H20N2O3. The quantitative estimate of drug-likeness (QED) is 0.492. The second kappa shape index (κ2) is 8.44. The van der Waals surface area contributed by atoms with Gasteiger partial charge >= 0.3 is 0 Å². The van der Waals surface area contributed by atoms with Crippen molar-refractivity contribution in [3.05, 3.63) is 107 Å². The van der Waals surface area contributed by atoms with E-state index in [4.69, 9.17) is 9.47 Å². The number of ether oxygens (including phenoxy) is 2. The lowest BCUT2D eigenvalue weighted by atomic mass is 10.1. The van der Waals surface area contributed by atoms with Gasteiger partial charge in [0.25, 0.3) is 0 Å². The molecule has 0 fully saturated rings. The molecule has 5 heteroatoms. The SMILES string of the molecule is COc1ccc(COc2cc(=O)ccn2-c2cc(-c3ccccc3)ccn2)cc1. The summed E-state index contributed by atoms with van der Waals surface area (Å²) in [5.74, 6) is 1.90. The summed E-state index contributed by atoms with van der Waals surface area (Å²) in [5, 5.41) is 0. The Bertz CT molecular complexity index is 1150. The van der Waals surface area contributed by atoms with Crippen molar-refractivity contribution in [3.63, 3.8) is 0 Å². The van der Waals surface area contributed by atoms with Gasteiger partial charge in [-0.1, -0.05) is 42.5 Å². The van der Waals surface area contributed by atoms with Gasteiger partial charge in [-0.3, -0.25) is 9.36 Å². The van der Waals surface area contributed by atoms with Gasteiger partial charge in [0.05, 0.1) is 7.11 Å². The molecule has 0 radical (unpaired) electrons. The van der Waals surface area contributed by atoms with Crippen LogP contribution in [0.1, 0.15) is 5.56 Å². The van der Waals surface area contributed by atoms with E-state index in [-0.39, 0.29) is 5.43 Å². The van der Waals surface area contributed by atoms with Crippen LogP contribution in [-0.2, 0) is 6.61 Å². The monoisotopic (exact) mass is 384 g/mol. The Kier molecular flexibility index (Phi) is 5.38. The van der Waals surface area contributed by atoms with Gasteiger partial charge in [0.1, 0.15) is 18.2 Å². The van der Waals surface area contributed by atoms with Gasteiger partial charge < -0.3 is 9.47 Å². The van der Waals surface area contributed by atoms with Gasteiger partial charge in [-0.25, -0.2) is 4.98 Å². The molecule has 4 rings (SSSR count). The number of benzene rings is 2. The van der Waals surface area contributed by atoms with E-state index >= 15 is 0 Å². The number of aromatic nitrogens is 2. The first-order valence-corrected chi connectivity index (χ1v) is 9.23. The molecule has 5 nitrogen and oxygen atoms in total. The van der Waals surface area contributed by atoms with Gasteiger partial charge in [0, 0.05) is 24.5 Å². The molecule has 0 spiro atoms. The van der Waals surface area contributed by atoms with Crippen molar-refractivity contribution < 1.29 is 9.47 Å². The minimum atomic E-state index is -0.120. The van der Waals surface area contributed by atoms with E-state index in [2.05, 4.69) is 4.98 Å². The van der Waals surface area contributed by atoms with E-state index in [0.29, 0.717) is 18.3 Å². The number of nitrogens with zero attached hydrogens (tertiary/aromatic N) is 2. The summed E-state index contributed by atoms with van der Waals surface area (Å²) in [6.07, 6.45) is 3.44. The highest BCUT2D eigenvalue weighted by atomic mass is 16.5. The van der Waals surface area contributed by atoms with Crippen LogP contribution in [0.5, 0.6) is 11.6 Å². The number of rotatable bonds is 6. The average molecular weight is 384 g/mol. The molecule has 0 unspecified atom stereocenters. The molecule has 2 aromatic carbocycles. The summed E-state index contributed by atoms with van der Waals surface area (Å²) >= 11 is 0. The highest BCUT2D eigenvalue weighted by Gasteiger charge is 2.08. The highest BCUT2D eigenvalue weighted by Crippen LogP contribution is 2.23. The fourth-order valence-electron chi connectivity index (χ4n) is 3.00. The molecule has 0 saturated carbocycles. The fraction of sp³-hybridized carbons (Fsp3) is 0.0833. The molecule has 0 N–H and O–H groups in total. The topological polar surface area (TPSA) is 53.4 Å². The Hall–Kier alpha value is -3.86. The second-order valence-electron chi connectivity index (χ2n) is 6.48. The third-order valence-electron chi connectivity index (χ3n) is 4.54. The van der Waals surface area contributed by atoms with E-state index in [1.165, 1.54) is 12.1 Å². The second-order valence-corrected chi connectivity index (χ2v) is 6.48. The van der Waals surface area contributed by atoms with Crippen LogP contribution in [0.25, 0.3) is 16.9 Å². The van der Waals surface area contributed by atoms with Gasteiger partial charge in [-0.05, 0) is 41.0 Å². The molecule has 0 amide bonds. The van der Waals surface area contributed by atoms with Crippen molar-refractivity contribution in [2.45, 2.75) is 6.61 Å². The van der Waals surface area contributed by atoms with Gasteiger partial charge in [0.2, 0.25) is 5.88 Å². The minimum absolute atomic E-state index is 0.120. The molecule has 0 saturated heterocycles. The predicted molar refractivity (Wildman–Crippen MR) is 113 cm³/mol. The number of hydrogen-bond donors (Lipinski definition) is 0. The third kappa shape index (κ3) is 4.35. The zero-order chi connectivity index (χ0) is 20.1. The summed E-state index contributed by atoms with van der Waals surface area (Å²) in [6.45, 7) is 0.325. The number of methoxy groups -OCH3 is 1. The van der Waals surface area contributed by atoms with Crippen LogP contribution in [0.15, 0.2) is 96.1 Å². The van der Waals surface area contributed by atoms with Crippen LogP contribution < -0.4 is 14.9 Å². The Morgan fingerprint density at radius 2 is 1.69 bits per heavy atom. The van der Waals surface area contributed by atoms with E-state index < -0.39 is 0 Å². The average Bonchev–Trinajstić information content (AvgIpc) is 2.79. The first-order chi connectivity index (χ1) is 14.2. The first-order valence-electron chi connectivity index (χ1n) is 9.23. The van der Waals surface area contributed by atoms with Gasteiger partial charge in [-0.2, -0.15) is 0 Å². The van der Waals surface area contributed by atoms with Gasteiger partial charge in [-0.15, -0.1) is 0 Å². The molecule has 29 heavy (non-hydrogen) atoms. The molecule has 4 aromatic rings. The van der Waals surface area contributed by atoms with Crippen molar-refractivity contribution in [1.29, 1.82) is 0 Å². The normalized spacial score (nSPS) is 10.5. The van der Waals surface area contributed by atoms with Crippen molar-refractivity contribution in [1.82, 2.24) is 9.55 Å². The van der Waals surface area contributed by atoms with Crippen LogP contribution in [0.2, 0.25) is 0 Å². The largest absolute Gasteiger partial charge is 0.497 e. The van der Waals surface area contributed by atoms with Crippen LogP contribution in [0.3, 0.4) is 0 Å². The summed E-state index contributed by atoms with van der Waals surface area (Å²) < 4.78 is 12.9. The molecule has 0 aliphatic rings. The Morgan fingerprint density at radius 3 is 2.45 bits per heavy atom. The zero-order valence-electron chi connectivity index (χ0n) is 16.0. The van der Waals surface area contributed by atoms with E-state index in [1.807, 2.05) is 66.7 Å². The van der Waals surface area contributed by atoms with E-state index in [9.17, 15) is 4.79 Å². The highest BCUT2D eigenvalue weighted by molar-refractivity contribution is 5.64. The Balaban J connectivity index is 1.64. The first kappa shape index (κ1) is 18.5. The fourth-order valence-corrected chi connectivity index (χ4v) is 3.00. The summed E-state index contributed by atoms with van der Waals surface area (Å²) in [7, 11) is 1.63. The van der Waals surface area contributed by atoms with E-state index in [1.54, 1.807) is 24.1 Å². The smallest absolute Gasteiger partial charge is 0.203 e. The summed E-state index contributed by atoms with van der Waals surface area (Å²) in [6, 6.07) is 24.6. The molecule has 0 aliphatic heterocycles. The Labute approximate surface area is 168 Å². The standard InChI is InChI=1S/C24H20N2O3/c1-28-22-9-7-18(8-10-22)17-29-24-16-21(27)12-14-26(24)23-15-20(11-13-25-23)19-5-3-2-4-6-19/h2-16H,17H2,1H3. The number of hydrogen-bond acceptors (Lipinski definition) is 4. The summed E-state index contributed by atoms with van der Waals surface area (Å²) in [4.78, 5) is 16.4. The molecule has 0 atom stereocenters. The lowest BCUT2D eigenvalue weighted by molar-refractivity contribution is 0.285. The number of pyridine rings is 2. The minimum Gasteiger partial charge on any atom is -0.497 e. The maximum absolute atomic E-state index is 11.9. The third-order valence-corrected chi connectivity index (χ3v) is 4.54. The van der Waals surface area contributed by atoms with Crippen molar-refractivity contribution in [2.75, 3.05) is 7.11 Å². The molecular weight excluding hydrogens is 364 g/mol. The summed E-state index contributed by atoms with van der Waals surface area (Å²) in [5.41, 5.74) is 2.98. The van der Waals surface area contributed by atoms with Crippen LogP contribution in [-0.4, -0.2) is 16.7 Å². The van der Waals surface area contributed by atoms with Crippen LogP contribution in [0.4, 0.5) is 0 Å². The lowest BCUT2D eigenvalue weighted by Gasteiger charge is -2.14. The predicted octanol–water partition coefficient (Wildman–Crippen LogP) is 4.49. The lowest BCUT2D eigenvalue weighted by Crippen LogP contribution is -2.10. The Morgan fingerprint density at radius 1 is 0.897 bits per heavy atom. The maximum atomic E-state index is 11.9. The van der Waals surface area contributed by atoms with Crippen LogP contribution >= 0.6 is 0 Å². The molecule has 2 heterocycles.